The summed E-state index contributed by atoms with van der Waals surface area (Å²) in [5.74, 6) is 2.07. The van der Waals surface area contributed by atoms with Crippen molar-refractivity contribution in [3.63, 3.8) is 0 Å². The molecule has 6 N–H and O–H groups in total. The molecule has 11 heteroatoms. The smallest absolute Gasteiger partial charge is 0.158 e. The number of rotatable bonds is 4. The molecule has 2 aliphatic rings. The summed E-state index contributed by atoms with van der Waals surface area (Å²) >= 11 is 13.9. The average molecular weight is 518 g/mol. The zero-order chi connectivity index (χ0) is 24.0. The van der Waals surface area contributed by atoms with Gasteiger partial charge in [0.25, 0.3) is 0 Å². The van der Waals surface area contributed by atoms with Gasteiger partial charge in [-0.25, -0.2) is 15.0 Å². The van der Waals surface area contributed by atoms with Crippen LogP contribution >= 0.6 is 35.0 Å². The molecule has 1 aliphatic heterocycles. The largest absolute Gasteiger partial charge is 0.495 e. The number of hydrogen-bond acceptors (Lipinski definition) is 9. The van der Waals surface area contributed by atoms with Crippen molar-refractivity contribution in [3.8, 4) is 5.75 Å². The second-order valence-corrected chi connectivity index (χ2v) is 10.5. The van der Waals surface area contributed by atoms with Gasteiger partial charge in [0, 0.05) is 30.2 Å². The van der Waals surface area contributed by atoms with Crippen molar-refractivity contribution in [3.05, 3.63) is 51.8 Å². The lowest BCUT2D eigenvalue weighted by molar-refractivity contribution is 0.187. The van der Waals surface area contributed by atoms with E-state index in [-0.39, 0.29) is 17.3 Å². The second kappa shape index (κ2) is 8.96. The SMILES string of the molecule is COc1cc2c(cc1Cl)[C@@H](N)C1(CCN(c3cnc(Sc4ccnc(N)c4Cl)c(N)n3)CC1)C2. The van der Waals surface area contributed by atoms with Crippen molar-refractivity contribution >= 4 is 52.4 Å². The maximum atomic E-state index is 6.75. The predicted octanol–water partition coefficient (Wildman–Crippen LogP) is 4.35. The van der Waals surface area contributed by atoms with Crippen LogP contribution in [0.1, 0.15) is 30.0 Å². The molecule has 3 aromatic rings. The van der Waals surface area contributed by atoms with E-state index in [9.17, 15) is 0 Å². The van der Waals surface area contributed by atoms with Gasteiger partial charge in [-0.05, 0) is 54.0 Å². The summed E-state index contributed by atoms with van der Waals surface area (Å²) in [5.41, 5.74) is 21.1. The third-order valence-corrected chi connectivity index (χ3v) is 8.75. The number of nitrogen functional groups attached to an aromatic ring is 2. The number of methoxy groups -OCH3 is 1. The van der Waals surface area contributed by atoms with Crippen molar-refractivity contribution < 1.29 is 4.74 Å². The first-order valence-corrected chi connectivity index (χ1v) is 12.5. The summed E-state index contributed by atoms with van der Waals surface area (Å²) in [4.78, 5) is 16.1. The van der Waals surface area contributed by atoms with Crippen LogP contribution in [0.25, 0.3) is 0 Å². The highest BCUT2D eigenvalue weighted by molar-refractivity contribution is 7.99. The highest BCUT2D eigenvalue weighted by Gasteiger charge is 2.46. The molecule has 5 rings (SSSR count). The van der Waals surface area contributed by atoms with Crippen LogP contribution in [0.3, 0.4) is 0 Å². The highest BCUT2D eigenvalue weighted by Crippen LogP contribution is 2.52. The first-order chi connectivity index (χ1) is 16.3. The maximum Gasteiger partial charge on any atom is 0.158 e. The van der Waals surface area contributed by atoms with Gasteiger partial charge in [0.15, 0.2) is 5.82 Å². The Morgan fingerprint density at radius 3 is 2.62 bits per heavy atom. The molecule has 1 spiro atoms. The van der Waals surface area contributed by atoms with Gasteiger partial charge in [0.1, 0.15) is 22.4 Å². The average Bonchev–Trinajstić information content (AvgIpc) is 3.08. The van der Waals surface area contributed by atoms with Crippen molar-refractivity contribution in [1.29, 1.82) is 0 Å². The molecule has 0 radical (unpaired) electrons. The van der Waals surface area contributed by atoms with Gasteiger partial charge in [-0.2, -0.15) is 0 Å². The molecule has 2 aromatic heterocycles. The predicted molar refractivity (Wildman–Crippen MR) is 137 cm³/mol. The van der Waals surface area contributed by atoms with E-state index in [1.807, 2.05) is 12.1 Å². The molecular weight excluding hydrogens is 493 g/mol. The number of fused-ring (bicyclic) bond motifs is 1. The number of nitrogens with two attached hydrogens (primary N) is 3. The molecule has 34 heavy (non-hydrogen) atoms. The lowest BCUT2D eigenvalue weighted by atomic mass is 9.73. The zero-order valence-corrected chi connectivity index (χ0v) is 20.9. The van der Waals surface area contributed by atoms with Crippen LogP contribution in [0.15, 0.2) is 40.5 Å². The van der Waals surface area contributed by atoms with Crippen molar-refractivity contribution in [2.45, 2.75) is 35.2 Å². The van der Waals surface area contributed by atoms with Gasteiger partial charge in [-0.15, -0.1) is 0 Å². The van der Waals surface area contributed by atoms with Crippen LogP contribution in [0, 0.1) is 5.41 Å². The summed E-state index contributed by atoms with van der Waals surface area (Å²) in [7, 11) is 1.63. The quantitative estimate of drug-likeness (QED) is 0.462. The van der Waals surface area contributed by atoms with Gasteiger partial charge >= 0.3 is 0 Å². The Morgan fingerprint density at radius 1 is 1.15 bits per heavy atom. The van der Waals surface area contributed by atoms with Crippen LogP contribution < -0.4 is 26.8 Å². The van der Waals surface area contributed by atoms with Gasteiger partial charge in [-0.3, -0.25) is 0 Å². The molecular formula is C23H25Cl2N7OS. The minimum atomic E-state index is -0.0551. The number of nitrogens with zero attached hydrogens (tertiary/aromatic N) is 4. The first-order valence-electron chi connectivity index (χ1n) is 10.9. The number of anilines is 3. The van der Waals surface area contributed by atoms with Gasteiger partial charge < -0.3 is 26.8 Å². The van der Waals surface area contributed by atoms with Crippen molar-refractivity contribution in [2.24, 2.45) is 11.1 Å². The molecule has 1 aliphatic carbocycles. The molecule has 0 unspecified atom stereocenters. The summed E-state index contributed by atoms with van der Waals surface area (Å²) in [6.07, 6.45) is 6.15. The number of halogens is 2. The fraction of sp³-hybridized carbons (Fsp3) is 0.348. The number of aromatic nitrogens is 3. The lowest BCUT2D eigenvalue weighted by Crippen LogP contribution is -2.44. The summed E-state index contributed by atoms with van der Waals surface area (Å²) in [5, 5.41) is 1.56. The summed E-state index contributed by atoms with van der Waals surface area (Å²) in [6, 6.07) is 5.71. The fourth-order valence-electron chi connectivity index (χ4n) is 4.94. The van der Waals surface area contributed by atoms with Crippen LogP contribution in [0.4, 0.5) is 17.5 Å². The molecule has 8 nitrogen and oxygen atoms in total. The van der Waals surface area contributed by atoms with E-state index in [1.54, 1.807) is 25.6 Å². The molecule has 3 heterocycles. The maximum absolute atomic E-state index is 6.75. The molecule has 178 valence electrons. The Morgan fingerprint density at radius 2 is 1.91 bits per heavy atom. The third-order valence-electron chi connectivity index (χ3n) is 6.87. The third kappa shape index (κ3) is 4.00. The van der Waals surface area contributed by atoms with Crippen LogP contribution in [-0.4, -0.2) is 35.2 Å². The topological polar surface area (TPSA) is 129 Å². The Kier molecular flexibility index (Phi) is 6.14. The minimum Gasteiger partial charge on any atom is -0.495 e. The van der Waals surface area contributed by atoms with E-state index in [2.05, 4.69) is 19.9 Å². The van der Waals surface area contributed by atoms with Gasteiger partial charge in [-0.1, -0.05) is 35.0 Å². The van der Waals surface area contributed by atoms with Gasteiger partial charge in [0.2, 0.25) is 0 Å². The summed E-state index contributed by atoms with van der Waals surface area (Å²) in [6.45, 7) is 1.64. The number of pyridine rings is 1. The minimum absolute atomic E-state index is 0.00131. The van der Waals surface area contributed by atoms with Crippen LogP contribution in [-0.2, 0) is 6.42 Å². The molecule has 0 amide bonds. The van der Waals surface area contributed by atoms with E-state index in [0.29, 0.717) is 26.6 Å². The normalized spacial score (nSPS) is 18.8. The zero-order valence-electron chi connectivity index (χ0n) is 18.6. The number of piperidine rings is 1. The lowest BCUT2D eigenvalue weighted by Gasteiger charge is -2.42. The monoisotopic (exact) mass is 517 g/mol. The second-order valence-electron chi connectivity index (χ2n) is 8.72. The van der Waals surface area contributed by atoms with E-state index >= 15 is 0 Å². The fourth-order valence-corrected chi connectivity index (χ4v) is 6.20. The van der Waals surface area contributed by atoms with Gasteiger partial charge in [0.05, 0.1) is 23.4 Å². The molecule has 1 fully saturated rings. The number of hydrogen-bond donors (Lipinski definition) is 3. The van der Waals surface area contributed by atoms with E-state index in [0.717, 1.165) is 48.6 Å². The first kappa shape index (κ1) is 23.3. The molecule has 0 bridgehead atoms. The number of benzene rings is 1. The highest BCUT2D eigenvalue weighted by atomic mass is 35.5. The van der Waals surface area contributed by atoms with Crippen molar-refractivity contribution in [2.75, 3.05) is 36.6 Å². The Hall–Kier alpha value is -2.46. The van der Waals surface area contributed by atoms with Crippen molar-refractivity contribution in [1.82, 2.24) is 15.0 Å². The summed E-state index contributed by atoms with van der Waals surface area (Å²) < 4.78 is 5.40. The standard InChI is InChI=1S/C23H25Cl2N7OS/c1-33-15-8-12-10-23(19(26)13(12)9-14(15)24)3-6-32(7-4-23)17-11-30-22(21(28)31-17)34-16-2-5-29-20(27)18(16)25/h2,5,8-9,11,19H,3-4,6-7,10,26H2,1H3,(H2,27,29)(H2,28,31)/t19-/m1/s1. The molecule has 1 atom stereocenters. The van der Waals surface area contributed by atoms with E-state index < -0.39 is 0 Å². The van der Waals surface area contributed by atoms with Crippen LogP contribution in [0.5, 0.6) is 5.75 Å². The van der Waals surface area contributed by atoms with Crippen LogP contribution in [0.2, 0.25) is 10.0 Å². The molecule has 1 saturated heterocycles. The van der Waals surface area contributed by atoms with E-state index in [1.165, 1.54) is 17.3 Å². The Labute approximate surface area is 212 Å². The Bertz CT molecular complexity index is 1250. The molecule has 0 saturated carbocycles. The Balaban J connectivity index is 1.29. The molecule has 1 aromatic carbocycles. The number of ether oxygens (including phenoxy) is 1. The van der Waals surface area contributed by atoms with E-state index in [4.69, 9.17) is 45.1 Å².